The van der Waals surface area contributed by atoms with E-state index in [-0.39, 0.29) is 6.03 Å². The summed E-state index contributed by atoms with van der Waals surface area (Å²) in [6, 6.07) is 3.80. The van der Waals surface area contributed by atoms with Crippen LogP contribution in [0.25, 0.3) is 6.08 Å². The highest BCUT2D eigenvalue weighted by Gasteiger charge is 2.18. The molecule has 1 aliphatic heterocycles. The molecule has 2 amide bonds. The predicted octanol–water partition coefficient (Wildman–Crippen LogP) is 3.05. The van der Waals surface area contributed by atoms with Crippen molar-refractivity contribution in [1.82, 2.24) is 19.8 Å². The summed E-state index contributed by atoms with van der Waals surface area (Å²) in [6.45, 7) is 2.46. The molecule has 3 rings (SSSR count). The van der Waals surface area contributed by atoms with Gasteiger partial charge in [0.1, 0.15) is 0 Å². The minimum Gasteiger partial charge on any atom is -0.336 e. The Morgan fingerprint density at radius 1 is 1.24 bits per heavy atom. The number of nitrogens with zero attached hydrogens (tertiary/aromatic N) is 3. The third-order valence-corrected chi connectivity index (χ3v) is 4.21. The summed E-state index contributed by atoms with van der Waals surface area (Å²) >= 11 is 0. The standard InChI is InChI=1S/C18H20F2N4O/c19-16-2-1-15(12-17(16)20)11-14-3-7-24(8-4-14)18(25)22-6-10-23-9-5-21-13-23/h1-2,5,9,11-13H,3-4,6-8,10H2,(H,22,25). The number of halogens is 2. The number of likely N-dealkylation sites (tertiary alicyclic amines) is 1. The number of rotatable bonds is 4. The molecular weight excluding hydrogens is 326 g/mol. The van der Waals surface area contributed by atoms with Crippen molar-refractivity contribution in [3.05, 3.63) is 59.7 Å². The molecule has 1 saturated heterocycles. The molecule has 0 atom stereocenters. The summed E-state index contributed by atoms with van der Waals surface area (Å²) in [5.41, 5.74) is 1.78. The average molecular weight is 346 g/mol. The average Bonchev–Trinajstić information content (AvgIpc) is 3.12. The zero-order valence-corrected chi connectivity index (χ0v) is 13.8. The number of amides is 2. The second kappa shape index (κ2) is 7.92. The first-order valence-corrected chi connectivity index (χ1v) is 8.25. The van der Waals surface area contributed by atoms with E-state index in [1.165, 1.54) is 6.07 Å². The number of hydrogen-bond donors (Lipinski definition) is 1. The number of carbonyl (C=O) groups excluding carboxylic acids is 1. The summed E-state index contributed by atoms with van der Waals surface area (Å²) in [5, 5.41) is 2.90. The quantitative estimate of drug-likeness (QED) is 0.925. The van der Waals surface area contributed by atoms with Crippen molar-refractivity contribution in [1.29, 1.82) is 0 Å². The van der Waals surface area contributed by atoms with Gasteiger partial charge < -0.3 is 14.8 Å². The summed E-state index contributed by atoms with van der Waals surface area (Å²) in [4.78, 5) is 17.9. The van der Waals surface area contributed by atoms with Gasteiger partial charge in [0.25, 0.3) is 0 Å². The van der Waals surface area contributed by atoms with Gasteiger partial charge in [-0.15, -0.1) is 0 Å². The van der Waals surface area contributed by atoms with Crippen molar-refractivity contribution < 1.29 is 13.6 Å². The van der Waals surface area contributed by atoms with Gasteiger partial charge in [0.2, 0.25) is 0 Å². The third-order valence-electron chi connectivity index (χ3n) is 4.21. The first-order chi connectivity index (χ1) is 12.1. The molecule has 0 unspecified atom stereocenters. The molecule has 1 N–H and O–H groups in total. The Hall–Kier alpha value is -2.70. The summed E-state index contributed by atoms with van der Waals surface area (Å²) in [7, 11) is 0. The van der Waals surface area contributed by atoms with Gasteiger partial charge in [-0.2, -0.15) is 0 Å². The molecule has 0 aliphatic carbocycles. The van der Waals surface area contributed by atoms with Crippen LogP contribution >= 0.6 is 0 Å². The van der Waals surface area contributed by atoms with E-state index in [1.54, 1.807) is 23.5 Å². The zero-order valence-electron chi connectivity index (χ0n) is 13.8. The summed E-state index contributed by atoms with van der Waals surface area (Å²) < 4.78 is 28.1. The maximum Gasteiger partial charge on any atom is 0.317 e. The second-order valence-corrected chi connectivity index (χ2v) is 6.00. The molecular formula is C18H20F2N4O. The molecule has 1 fully saturated rings. The Kier molecular flexibility index (Phi) is 5.42. The van der Waals surface area contributed by atoms with Gasteiger partial charge in [-0.05, 0) is 30.5 Å². The highest BCUT2D eigenvalue weighted by Crippen LogP contribution is 2.20. The molecule has 0 bridgehead atoms. The van der Waals surface area contributed by atoms with Crippen molar-refractivity contribution in [3.63, 3.8) is 0 Å². The van der Waals surface area contributed by atoms with Crippen LogP contribution in [0.5, 0.6) is 0 Å². The fourth-order valence-corrected chi connectivity index (χ4v) is 2.80. The maximum atomic E-state index is 13.3. The number of aromatic nitrogens is 2. The van der Waals surface area contributed by atoms with Gasteiger partial charge in [-0.25, -0.2) is 18.6 Å². The van der Waals surface area contributed by atoms with Crippen molar-refractivity contribution in [2.45, 2.75) is 19.4 Å². The van der Waals surface area contributed by atoms with Gasteiger partial charge in [0, 0.05) is 38.6 Å². The van der Waals surface area contributed by atoms with Crippen molar-refractivity contribution in [3.8, 4) is 0 Å². The smallest absolute Gasteiger partial charge is 0.317 e. The van der Waals surface area contributed by atoms with E-state index in [9.17, 15) is 13.6 Å². The van der Waals surface area contributed by atoms with Crippen LogP contribution in [0, 0.1) is 11.6 Å². The van der Waals surface area contributed by atoms with E-state index in [1.807, 2.05) is 16.8 Å². The van der Waals surface area contributed by atoms with Gasteiger partial charge in [-0.1, -0.05) is 17.7 Å². The van der Waals surface area contributed by atoms with Crippen LogP contribution in [0.2, 0.25) is 0 Å². The Labute approximate surface area is 145 Å². The van der Waals surface area contributed by atoms with Gasteiger partial charge >= 0.3 is 6.03 Å². The molecule has 2 aromatic rings. The molecule has 0 saturated carbocycles. The number of nitrogens with one attached hydrogen (secondary N) is 1. The Morgan fingerprint density at radius 2 is 2.04 bits per heavy atom. The van der Waals surface area contributed by atoms with Crippen LogP contribution in [0.3, 0.4) is 0 Å². The van der Waals surface area contributed by atoms with E-state index in [0.29, 0.717) is 31.7 Å². The maximum absolute atomic E-state index is 13.3. The highest BCUT2D eigenvalue weighted by atomic mass is 19.2. The number of urea groups is 1. The molecule has 0 radical (unpaired) electrons. The number of carbonyl (C=O) groups is 1. The van der Waals surface area contributed by atoms with Gasteiger partial charge in [-0.3, -0.25) is 0 Å². The molecule has 7 heteroatoms. The summed E-state index contributed by atoms with van der Waals surface area (Å²) in [6.07, 6.45) is 8.59. The molecule has 0 spiro atoms. The van der Waals surface area contributed by atoms with Crippen molar-refractivity contribution in [2.75, 3.05) is 19.6 Å². The van der Waals surface area contributed by atoms with Crippen molar-refractivity contribution >= 4 is 12.1 Å². The Bertz CT molecular complexity index is 748. The minimum absolute atomic E-state index is 0.0769. The highest BCUT2D eigenvalue weighted by molar-refractivity contribution is 5.74. The Morgan fingerprint density at radius 3 is 2.72 bits per heavy atom. The SMILES string of the molecule is O=C(NCCn1ccnc1)N1CCC(=Cc2ccc(F)c(F)c2)CC1. The lowest BCUT2D eigenvalue weighted by atomic mass is 10.0. The largest absolute Gasteiger partial charge is 0.336 e. The van der Waals surface area contributed by atoms with Gasteiger partial charge in [0.15, 0.2) is 11.6 Å². The molecule has 1 aromatic carbocycles. The topological polar surface area (TPSA) is 50.2 Å². The van der Waals surface area contributed by atoms with Crippen LogP contribution in [0.1, 0.15) is 18.4 Å². The normalized spacial score (nSPS) is 14.5. The van der Waals surface area contributed by atoms with Crippen molar-refractivity contribution in [2.24, 2.45) is 0 Å². The number of imidazole rings is 1. The minimum atomic E-state index is -0.843. The van der Waals surface area contributed by atoms with E-state index in [4.69, 9.17) is 0 Å². The Balaban J connectivity index is 1.46. The third kappa shape index (κ3) is 4.65. The molecule has 2 heterocycles. The van der Waals surface area contributed by atoms with E-state index >= 15 is 0 Å². The second-order valence-electron chi connectivity index (χ2n) is 6.00. The first kappa shape index (κ1) is 17.1. The zero-order chi connectivity index (χ0) is 17.6. The predicted molar refractivity (Wildman–Crippen MR) is 90.8 cm³/mol. The molecule has 1 aromatic heterocycles. The molecule has 1 aliphatic rings. The molecule has 5 nitrogen and oxygen atoms in total. The van der Waals surface area contributed by atoms with Crippen LogP contribution in [0.15, 0.2) is 42.5 Å². The van der Waals surface area contributed by atoms with Crippen LogP contribution in [0.4, 0.5) is 13.6 Å². The monoisotopic (exact) mass is 346 g/mol. The van der Waals surface area contributed by atoms with Gasteiger partial charge in [0.05, 0.1) is 6.33 Å². The first-order valence-electron chi connectivity index (χ1n) is 8.25. The summed E-state index contributed by atoms with van der Waals surface area (Å²) in [5.74, 6) is -1.69. The number of benzene rings is 1. The fourth-order valence-electron chi connectivity index (χ4n) is 2.80. The van der Waals surface area contributed by atoms with E-state index in [0.717, 1.165) is 24.5 Å². The number of piperidine rings is 1. The lowest BCUT2D eigenvalue weighted by molar-refractivity contribution is 0.193. The van der Waals surface area contributed by atoms with E-state index < -0.39 is 11.6 Å². The lowest BCUT2D eigenvalue weighted by Crippen LogP contribution is -2.44. The molecule has 132 valence electrons. The van der Waals surface area contributed by atoms with E-state index in [2.05, 4.69) is 10.3 Å². The fraction of sp³-hybridized carbons (Fsp3) is 0.333. The van der Waals surface area contributed by atoms with Crippen LogP contribution in [-0.4, -0.2) is 40.1 Å². The molecule has 25 heavy (non-hydrogen) atoms. The van der Waals surface area contributed by atoms with Crippen LogP contribution in [-0.2, 0) is 6.54 Å². The van der Waals surface area contributed by atoms with Crippen LogP contribution < -0.4 is 5.32 Å². The lowest BCUT2D eigenvalue weighted by Gasteiger charge is -2.28. The number of hydrogen-bond acceptors (Lipinski definition) is 2.